The number of rotatable bonds is 48. The smallest absolute Gasteiger partial charge is 0.306 e. The van der Waals surface area contributed by atoms with Crippen molar-refractivity contribution in [1.29, 1.82) is 0 Å². The third-order valence-corrected chi connectivity index (χ3v) is 13.7. The molecule has 0 saturated carbocycles. The Morgan fingerprint density at radius 1 is 0.407 bits per heavy atom. The molecule has 0 aromatic carbocycles. The number of carbonyl (C=O) groups is 1. The van der Waals surface area contributed by atoms with Crippen molar-refractivity contribution in [3.63, 3.8) is 0 Å². The van der Waals surface area contributed by atoms with E-state index in [0.29, 0.717) is 13.0 Å². The summed E-state index contributed by atoms with van der Waals surface area (Å²) < 4.78 is 34.4. The molecule has 2 fully saturated rings. The van der Waals surface area contributed by atoms with Gasteiger partial charge in [-0.1, -0.05) is 199 Å². The zero-order valence-electron chi connectivity index (χ0n) is 49.5. The molecule has 2 rings (SSSR count). The first-order valence-corrected chi connectivity index (χ1v) is 30.8. The van der Waals surface area contributed by atoms with Crippen LogP contribution in [0.25, 0.3) is 0 Å². The Morgan fingerprint density at radius 3 is 1.20 bits per heavy atom. The van der Waals surface area contributed by atoms with Gasteiger partial charge >= 0.3 is 5.97 Å². The zero-order chi connectivity index (χ0) is 58.6. The molecule has 0 radical (unpaired) electrons. The van der Waals surface area contributed by atoms with Gasteiger partial charge in [0.2, 0.25) is 0 Å². The standard InChI is InChI=1S/C67H108O14/c1-3-5-7-9-11-13-15-17-19-21-23-25-26-27-28-29-31-33-35-37-39-41-43-45-47-49-51-76-53-56(54-77-66-65(75)63(73)61(71)58(81-66)55-78-67-64(74)62(72)60(70)57(52-68)80-67)79-59(69)50-48-46-44-42-40-38-36-34-32-30-24-22-20-18-16-14-12-10-8-6-4-2/h5-8,11-14,17-20,23-25,27-28,30,34,36,40,42,56-58,60-68,70-75H,3-4,9-10,15-16,21-22,26,29,31-33,35,37-39,41,43-55H2,1-2H3/b7-5-,8-6-,13-11-,14-12-,19-17-,20-18-,25-23-,28-27-,30-24-,36-34-,42-40-. The summed E-state index contributed by atoms with van der Waals surface area (Å²) in [7, 11) is 0. The summed E-state index contributed by atoms with van der Waals surface area (Å²) in [6.45, 7) is 3.37. The van der Waals surface area contributed by atoms with Gasteiger partial charge in [0.15, 0.2) is 12.6 Å². The van der Waals surface area contributed by atoms with Crippen molar-refractivity contribution in [1.82, 2.24) is 0 Å². The van der Waals surface area contributed by atoms with Crippen LogP contribution in [-0.4, -0.2) is 142 Å². The van der Waals surface area contributed by atoms with E-state index < -0.39 is 86.7 Å². The van der Waals surface area contributed by atoms with Crippen molar-refractivity contribution in [2.24, 2.45) is 0 Å². The Kier molecular flexibility index (Phi) is 46.8. The average Bonchev–Trinajstić information content (AvgIpc) is 3.46. The molecule has 11 atom stereocenters. The Labute approximate surface area is 488 Å². The monoisotopic (exact) mass is 1140 g/mol. The molecule has 460 valence electrons. The molecule has 0 bridgehead atoms. The van der Waals surface area contributed by atoms with Gasteiger partial charge in [-0.3, -0.25) is 4.79 Å². The van der Waals surface area contributed by atoms with Crippen LogP contribution in [0, 0.1) is 0 Å². The van der Waals surface area contributed by atoms with Crippen LogP contribution in [0.15, 0.2) is 134 Å². The van der Waals surface area contributed by atoms with Crippen molar-refractivity contribution < 1.29 is 69.0 Å². The molecule has 0 spiro atoms. The number of carbonyl (C=O) groups excluding carboxylic acids is 1. The highest BCUT2D eigenvalue weighted by molar-refractivity contribution is 5.69. The quantitative estimate of drug-likeness (QED) is 0.0172. The van der Waals surface area contributed by atoms with Gasteiger partial charge in [0.25, 0.3) is 0 Å². The number of allylic oxidation sites excluding steroid dienone is 22. The minimum Gasteiger partial charge on any atom is -0.457 e. The predicted octanol–water partition coefficient (Wildman–Crippen LogP) is 11.9. The molecule has 0 amide bonds. The Morgan fingerprint density at radius 2 is 0.765 bits per heavy atom. The normalized spacial score (nSPS) is 24.7. The second-order valence-corrected chi connectivity index (χ2v) is 20.8. The topological polar surface area (TPSA) is 214 Å². The molecule has 0 aliphatic carbocycles. The Hall–Kier alpha value is -3.87. The summed E-state index contributed by atoms with van der Waals surface area (Å²) in [5, 5.41) is 72.5. The van der Waals surface area contributed by atoms with Crippen molar-refractivity contribution >= 4 is 5.97 Å². The lowest BCUT2D eigenvalue weighted by Crippen LogP contribution is -2.61. The van der Waals surface area contributed by atoms with Gasteiger partial charge in [-0.15, -0.1) is 0 Å². The van der Waals surface area contributed by atoms with E-state index in [2.05, 4.69) is 148 Å². The number of hydrogen-bond acceptors (Lipinski definition) is 14. The molecule has 2 aliphatic heterocycles. The Balaban J connectivity index is 1.72. The molecule has 0 aromatic rings. The summed E-state index contributed by atoms with van der Waals surface area (Å²) in [5.41, 5.74) is 0. The van der Waals surface area contributed by atoms with Gasteiger partial charge < -0.3 is 64.2 Å². The van der Waals surface area contributed by atoms with Crippen LogP contribution in [0.3, 0.4) is 0 Å². The molecule has 7 N–H and O–H groups in total. The van der Waals surface area contributed by atoms with Crippen molar-refractivity contribution in [2.75, 3.05) is 33.0 Å². The molecule has 14 nitrogen and oxygen atoms in total. The molecule has 2 heterocycles. The maximum atomic E-state index is 13.1. The highest BCUT2D eigenvalue weighted by Crippen LogP contribution is 2.26. The van der Waals surface area contributed by atoms with Crippen molar-refractivity contribution in [2.45, 2.75) is 248 Å². The van der Waals surface area contributed by atoms with Crippen LogP contribution in [0.1, 0.15) is 181 Å². The third-order valence-electron chi connectivity index (χ3n) is 13.7. The number of aliphatic hydroxyl groups excluding tert-OH is 7. The lowest BCUT2D eigenvalue weighted by Gasteiger charge is -2.42. The predicted molar refractivity (Wildman–Crippen MR) is 325 cm³/mol. The molecular weight excluding hydrogens is 1030 g/mol. The summed E-state index contributed by atoms with van der Waals surface area (Å²) >= 11 is 0. The largest absolute Gasteiger partial charge is 0.457 e. The fourth-order valence-electron chi connectivity index (χ4n) is 8.78. The van der Waals surface area contributed by atoms with Crippen molar-refractivity contribution in [3.8, 4) is 0 Å². The summed E-state index contributed by atoms with van der Waals surface area (Å²) in [6.07, 6.45) is 58.0. The van der Waals surface area contributed by atoms with Gasteiger partial charge in [-0.25, -0.2) is 0 Å². The van der Waals surface area contributed by atoms with Crippen LogP contribution in [0.2, 0.25) is 0 Å². The van der Waals surface area contributed by atoms with Gasteiger partial charge in [0.1, 0.15) is 54.9 Å². The minimum atomic E-state index is -1.73. The number of ether oxygens (including phenoxy) is 6. The van der Waals surface area contributed by atoms with E-state index >= 15 is 0 Å². The van der Waals surface area contributed by atoms with Crippen LogP contribution in [0.5, 0.6) is 0 Å². The van der Waals surface area contributed by atoms with Gasteiger partial charge in [-0.05, 0) is 109 Å². The SMILES string of the molecule is CC/C=C\C/C=C\C/C=C\C/C=C\C/C=C\C/C=C\CCCCC(=O)OC(COCCCCCCCCCCCC/C=C\C/C=C\C/C=C\C/C=C\C/C=C\CC)COC1OC(COC2OC(CO)C(O)C(O)C2O)C(O)C(O)C1O. The van der Waals surface area contributed by atoms with Gasteiger partial charge in [0.05, 0.1) is 26.4 Å². The van der Waals surface area contributed by atoms with Gasteiger partial charge in [-0.2, -0.15) is 0 Å². The number of unbranched alkanes of at least 4 members (excludes halogenated alkanes) is 12. The third kappa shape index (κ3) is 37.9. The maximum Gasteiger partial charge on any atom is 0.306 e. The van der Waals surface area contributed by atoms with Crippen LogP contribution in [-0.2, 0) is 33.2 Å². The highest BCUT2D eigenvalue weighted by Gasteiger charge is 2.47. The number of aliphatic hydroxyl groups is 7. The van der Waals surface area contributed by atoms with Crippen molar-refractivity contribution in [3.05, 3.63) is 134 Å². The fraction of sp³-hybridized carbons (Fsp3) is 0.657. The molecule has 0 aromatic heterocycles. The average molecular weight is 1140 g/mol. The number of hydrogen-bond donors (Lipinski definition) is 7. The first kappa shape index (κ1) is 73.2. The Bertz CT molecular complexity index is 1850. The molecule has 14 heteroatoms. The van der Waals surface area contributed by atoms with E-state index in [1.807, 2.05) is 0 Å². The fourth-order valence-corrected chi connectivity index (χ4v) is 8.78. The maximum absolute atomic E-state index is 13.1. The van der Waals surface area contributed by atoms with E-state index in [9.17, 15) is 40.5 Å². The zero-order valence-corrected chi connectivity index (χ0v) is 49.5. The first-order chi connectivity index (χ1) is 39.6. The van der Waals surface area contributed by atoms with Gasteiger partial charge in [0, 0.05) is 13.0 Å². The van der Waals surface area contributed by atoms with E-state index in [0.717, 1.165) is 109 Å². The van der Waals surface area contributed by atoms with E-state index in [1.165, 1.54) is 44.9 Å². The molecule has 81 heavy (non-hydrogen) atoms. The van der Waals surface area contributed by atoms with Crippen LogP contribution in [0.4, 0.5) is 0 Å². The first-order valence-electron chi connectivity index (χ1n) is 30.8. The molecular formula is C67H108O14. The van der Waals surface area contributed by atoms with E-state index in [-0.39, 0.29) is 19.6 Å². The highest BCUT2D eigenvalue weighted by atomic mass is 16.7. The number of esters is 1. The molecule has 2 saturated heterocycles. The minimum absolute atomic E-state index is 0.0308. The summed E-state index contributed by atoms with van der Waals surface area (Å²) in [4.78, 5) is 13.1. The summed E-state index contributed by atoms with van der Waals surface area (Å²) in [6, 6.07) is 0. The summed E-state index contributed by atoms with van der Waals surface area (Å²) in [5.74, 6) is -0.424. The lowest BCUT2D eigenvalue weighted by molar-refractivity contribution is -0.332. The second kappa shape index (κ2) is 51.7. The van der Waals surface area contributed by atoms with E-state index in [1.54, 1.807) is 0 Å². The van der Waals surface area contributed by atoms with Crippen LogP contribution < -0.4 is 0 Å². The van der Waals surface area contributed by atoms with E-state index in [4.69, 9.17) is 28.4 Å². The molecule has 11 unspecified atom stereocenters. The second-order valence-electron chi connectivity index (χ2n) is 20.8. The van der Waals surface area contributed by atoms with Crippen LogP contribution >= 0.6 is 0 Å². The molecule has 2 aliphatic rings. The lowest BCUT2D eigenvalue weighted by atomic mass is 9.98.